The lowest BCUT2D eigenvalue weighted by Gasteiger charge is -2.26. The van der Waals surface area contributed by atoms with E-state index in [9.17, 15) is 0 Å². The standard InChI is InChI=1S/C23H31N/c1-2-3-7-20-9-13-22(14-10-20)17-18-23-15-11-21(12-16-23)8-5-4-6-19-24/h4-6,8-10,13-14,21,23H,2-3,7,11-12,15-18H2,1H3/b6-4+,8-5+. The largest absolute Gasteiger partial charge is 0.193 e. The van der Waals surface area contributed by atoms with Crippen LogP contribution >= 0.6 is 0 Å². The first kappa shape index (κ1) is 18.5. The molecule has 0 radical (unpaired) electrons. The fraction of sp³-hybridized carbons (Fsp3) is 0.522. The van der Waals surface area contributed by atoms with Crippen LogP contribution in [0.15, 0.2) is 48.6 Å². The Hall–Kier alpha value is -1.81. The normalized spacial score (nSPS) is 21.3. The van der Waals surface area contributed by atoms with Crippen LogP contribution in [0.5, 0.6) is 0 Å². The summed E-state index contributed by atoms with van der Waals surface area (Å²) in [6.45, 7) is 2.25. The lowest BCUT2D eigenvalue weighted by molar-refractivity contribution is 0.296. The van der Waals surface area contributed by atoms with Crippen LogP contribution < -0.4 is 0 Å². The van der Waals surface area contributed by atoms with Crippen molar-refractivity contribution in [2.24, 2.45) is 11.8 Å². The van der Waals surface area contributed by atoms with E-state index in [1.807, 2.05) is 18.2 Å². The Bertz CT molecular complexity index is 551. The van der Waals surface area contributed by atoms with E-state index in [-0.39, 0.29) is 0 Å². The molecular formula is C23H31N. The van der Waals surface area contributed by atoms with Crippen LogP contribution in [0, 0.1) is 23.2 Å². The fourth-order valence-electron chi connectivity index (χ4n) is 3.61. The molecule has 0 unspecified atom stereocenters. The predicted molar refractivity (Wildman–Crippen MR) is 103 cm³/mol. The number of rotatable bonds is 8. The molecule has 0 aliphatic heterocycles. The summed E-state index contributed by atoms with van der Waals surface area (Å²) in [7, 11) is 0. The smallest absolute Gasteiger partial charge is 0.0912 e. The summed E-state index contributed by atoms with van der Waals surface area (Å²) in [6.07, 6.45) is 19.4. The van der Waals surface area contributed by atoms with Crippen molar-refractivity contribution in [2.45, 2.75) is 64.7 Å². The summed E-state index contributed by atoms with van der Waals surface area (Å²) < 4.78 is 0. The monoisotopic (exact) mass is 321 g/mol. The van der Waals surface area contributed by atoms with Crippen LogP contribution in [0.2, 0.25) is 0 Å². The minimum Gasteiger partial charge on any atom is -0.193 e. The lowest BCUT2D eigenvalue weighted by atomic mass is 9.79. The van der Waals surface area contributed by atoms with Gasteiger partial charge in [-0.25, -0.2) is 0 Å². The average Bonchev–Trinajstić information content (AvgIpc) is 2.64. The summed E-state index contributed by atoms with van der Waals surface area (Å²) in [4.78, 5) is 0. The third-order valence-electron chi connectivity index (χ3n) is 5.24. The van der Waals surface area contributed by atoms with Crippen LogP contribution in [0.3, 0.4) is 0 Å². The van der Waals surface area contributed by atoms with E-state index in [2.05, 4.69) is 37.3 Å². The van der Waals surface area contributed by atoms with Gasteiger partial charge in [0.25, 0.3) is 0 Å². The van der Waals surface area contributed by atoms with Crippen LogP contribution in [0.4, 0.5) is 0 Å². The molecule has 0 heterocycles. The van der Waals surface area contributed by atoms with Gasteiger partial charge < -0.3 is 0 Å². The van der Waals surface area contributed by atoms with Crippen molar-refractivity contribution in [2.75, 3.05) is 0 Å². The number of benzene rings is 1. The van der Waals surface area contributed by atoms with E-state index in [1.165, 1.54) is 75.0 Å². The van der Waals surface area contributed by atoms with Gasteiger partial charge in [-0.3, -0.25) is 0 Å². The number of allylic oxidation sites excluding steroid dienone is 4. The van der Waals surface area contributed by atoms with Crippen LogP contribution in [-0.4, -0.2) is 0 Å². The molecule has 128 valence electrons. The number of nitrogens with zero attached hydrogens (tertiary/aromatic N) is 1. The molecule has 0 aromatic heterocycles. The molecular weight excluding hydrogens is 290 g/mol. The highest BCUT2D eigenvalue weighted by molar-refractivity contribution is 5.22. The molecule has 24 heavy (non-hydrogen) atoms. The van der Waals surface area contributed by atoms with E-state index in [1.54, 1.807) is 0 Å². The molecule has 0 saturated heterocycles. The van der Waals surface area contributed by atoms with Gasteiger partial charge in [0.2, 0.25) is 0 Å². The van der Waals surface area contributed by atoms with Crippen molar-refractivity contribution < 1.29 is 0 Å². The van der Waals surface area contributed by atoms with Crippen LogP contribution in [0.25, 0.3) is 0 Å². The summed E-state index contributed by atoms with van der Waals surface area (Å²) in [6, 6.07) is 11.3. The van der Waals surface area contributed by atoms with Crippen molar-refractivity contribution in [1.29, 1.82) is 5.26 Å². The maximum absolute atomic E-state index is 8.47. The second-order valence-corrected chi connectivity index (χ2v) is 7.11. The molecule has 1 fully saturated rings. The third-order valence-corrected chi connectivity index (χ3v) is 5.24. The first-order valence-corrected chi connectivity index (χ1v) is 9.62. The fourth-order valence-corrected chi connectivity index (χ4v) is 3.61. The number of unbranched alkanes of at least 4 members (excludes halogenated alkanes) is 1. The highest BCUT2D eigenvalue weighted by atomic mass is 14.2. The van der Waals surface area contributed by atoms with E-state index >= 15 is 0 Å². The molecule has 0 amide bonds. The van der Waals surface area contributed by atoms with Gasteiger partial charge in [0.15, 0.2) is 0 Å². The van der Waals surface area contributed by atoms with Gasteiger partial charge in [-0.15, -0.1) is 0 Å². The molecule has 1 aromatic carbocycles. The summed E-state index contributed by atoms with van der Waals surface area (Å²) >= 11 is 0. The molecule has 0 spiro atoms. The number of nitriles is 1. The van der Waals surface area contributed by atoms with Gasteiger partial charge in [0, 0.05) is 6.08 Å². The highest BCUT2D eigenvalue weighted by Gasteiger charge is 2.19. The van der Waals surface area contributed by atoms with E-state index in [0.29, 0.717) is 5.92 Å². The first-order chi connectivity index (χ1) is 11.8. The number of hydrogen-bond donors (Lipinski definition) is 0. The Balaban J connectivity index is 1.68. The molecule has 0 N–H and O–H groups in total. The minimum atomic E-state index is 0.711. The van der Waals surface area contributed by atoms with Crippen molar-refractivity contribution in [3.8, 4) is 6.07 Å². The zero-order valence-electron chi connectivity index (χ0n) is 15.1. The molecule has 2 rings (SSSR count). The van der Waals surface area contributed by atoms with E-state index < -0.39 is 0 Å². The molecule has 1 aromatic rings. The maximum Gasteiger partial charge on any atom is 0.0912 e. The Morgan fingerprint density at radius 3 is 2.29 bits per heavy atom. The summed E-state index contributed by atoms with van der Waals surface area (Å²) in [5, 5.41) is 8.47. The molecule has 1 aliphatic carbocycles. The summed E-state index contributed by atoms with van der Waals surface area (Å²) in [5.41, 5.74) is 2.98. The Morgan fingerprint density at radius 2 is 1.67 bits per heavy atom. The number of aryl methyl sites for hydroxylation is 2. The Labute approximate surface area is 148 Å². The van der Waals surface area contributed by atoms with Gasteiger partial charge >= 0.3 is 0 Å². The second kappa shape index (κ2) is 10.9. The van der Waals surface area contributed by atoms with E-state index in [0.717, 1.165) is 5.92 Å². The Morgan fingerprint density at radius 1 is 1.00 bits per heavy atom. The zero-order valence-corrected chi connectivity index (χ0v) is 15.1. The van der Waals surface area contributed by atoms with Gasteiger partial charge in [-0.2, -0.15) is 5.26 Å². The first-order valence-electron chi connectivity index (χ1n) is 9.62. The predicted octanol–water partition coefficient (Wildman–Crippen LogP) is 6.40. The molecule has 1 aliphatic rings. The minimum absolute atomic E-state index is 0.711. The lowest BCUT2D eigenvalue weighted by Crippen LogP contribution is -2.13. The molecule has 0 bridgehead atoms. The third kappa shape index (κ3) is 6.75. The van der Waals surface area contributed by atoms with Crippen molar-refractivity contribution in [3.63, 3.8) is 0 Å². The highest BCUT2D eigenvalue weighted by Crippen LogP contribution is 2.32. The number of hydrogen-bond acceptors (Lipinski definition) is 1. The maximum atomic E-state index is 8.47. The SMILES string of the molecule is CCCCc1ccc(CCC2CCC(/C=C/C=C/C#N)CC2)cc1. The average molecular weight is 322 g/mol. The zero-order chi connectivity index (χ0) is 17.0. The quantitative estimate of drug-likeness (QED) is 0.401. The molecule has 1 saturated carbocycles. The van der Waals surface area contributed by atoms with Crippen LogP contribution in [0.1, 0.15) is 63.0 Å². The van der Waals surface area contributed by atoms with E-state index in [4.69, 9.17) is 5.26 Å². The molecule has 1 nitrogen and oxygen atoms in total. The second-order valence-electron chi connectivity index (χ2n) is 7.11. The van der Waals surface area contributed by atoms with Crippen molar-refractivity contribution in [3.05, 3.63) is 59.7 Å². The topological polar surface area (TPSA) is 23.8 Å². The molecule has 1 heteroatoms. The molecule has 0 atom stereocenters. The van der Waals surface area contributed by atoms with Gasteiger partial charge in [-0.1, -0.05) is 55.8 Å². The van der Waals surface area contributed by atoms with Crippen molar-refractivity contribution >= 4 is 0 Å². The Kier molecular flexibility index (Phi) is 8.39. The van der Waals surface area contributed by atoms with Gasteiger partial charge in [0.1, 0.15) is 0 Å². The van der Waals surface area contributed by atoms with Gasteiger partial charge in [-0.05, 0) is 74.3 Å². The van der Waals surface area contributed by atoms with Crippen LogP contribution in [-0.2, 0) is 12.8 Å². The van der Waals surface area contributed by atoms with Gasteiger partial charge in [0.05, 0.1) is 6.07 Å². The van der Waals surface area contributed by atoms with Crippen molar-refractivity contribution in [1.82, 2.24) is 0 Å². The summed E-state index contributed by atoms with van der Waals surface area (Å²) in [5.74, 6) is 1.60.